The Morgan fingerprint density at radius 1 is 1.00 bits per heavy atom. The van der Waals surface area contributed by atoms with E-state index in [4.69, 9.17) is 10.8 Å². The van der Waals surface area contributed by atoms with Crippen molar-refractivity contribution in [3.63, 3.8) is 0 Å². The summed E-state index contributed by atoms with van der Waals surface area (Å²) in [7, 11) is 0. The fourth-order valence-corrected chi connectivity index (χ4v) is 1.31. The minimum absolute atomic E-state index is 0. The van der Waals surface area contributed by atoms with E-state index < -0.39 is 6.23 Å². The van der Waals surface area contributed by atoms with Crippen molar-refractivity contribution in [1.82, 2.24) is 0 Å². The normalized spacial score (nSPS) is 12.2. The topological polar surface area (TPSA) is 46.2 Å². The van der Waals surface area contributed by atoms with E-state index in [1.165, 1.54) is 38.5 Å². The molecule has 0 amide bonds. The van der Waals surface area contributed by atoms with Gasteiger partial charge in [0.15, 0.2) is 0 Å². The highest BCUT2D eigenvalue weighted by atomic mass is 19.0. The van der Waals surface area contributed by atoms with E-state index in [0.717, 1.165) is 12.8 Å². The van der Waals surface area contributed by atoms with Gasteiger partial charge >= 0.3 is 0 Å². The van der Waals surface area contributed by atoms with E-state index >= 15 is 0 Å². The highest BCUT2D eigenvalue weighted by molar-refractivity contribution is 4.48. The molecule has 0 aromatic carbocycles. The lowest BCUT2D eigenvalue weighted by molar-refractivity contribution is 0.168. The molecule has 0 aromatic rings. The van der Waals surface area contributed by atoms with Crippen molar-refractivity contribution >= 4 is 0 Å². The smallest absolute Gasteiger partial charge is 0.102 e. The van der Waals surface area contributed by atoms with Crippen LogP contribution in [0.5, 0.6) is 0 Å². The van der Waals surface area contributed by atoms with E-state index in [2.05, 4.69) is 6.92 Å². The van der Waals surface area contributed by atoms with Crippen LogP contribution in [0.4, 0.5) is 4.70 Å². The molecule has 0 aliphatic heterocycles. The first-order valence-corrected chi connectivity index (χ1v) is 5.21. The minimum atomic E-state index is -0.597. The fraction of sp³-hybridized carbons (Fsp3) is 1.00. The quantitative estimate of drug-likeness (QED) is 0.459. The molecule has 0 radical (unpaired) electrons. The summed E-state index contributed by atoms with van der Waals surface area (Å²) >= 11 is 0. The largest absolute Gasteiger partial charge is 0.379 e. The van der Waals surface area contributed by atoms with E-state index in [9.17, 15) is 0 Å². The van der Waals surface area contributed by atoms with Gasteiger partial charge in [0.05, 0.1) is 0 Å². The van der Waals surface area contributed by atoms with Crippen molar-refractivity contribution in [2.45, 2.75) is 64.5 Å². The van der Waals surface area contributed by atoms with Crippen LogP contribution in [-0.4, -0.2) is 11.3 Å². The number of rotatable bonds is 8. The molecule has 0 rings (SSSR count). The average molecular weight is 193 g/mol. The summed E-state index contributed by atoms with van der Waals surface area (Å²) in [4.78, 5) is 0. The summed E-state index contributed by atoms with van der Waals surface area (Å²) in [5, 5.41) is 8.77. The first-order chi connectivity index (χ1) is 5.77. The third-order valence-electron chi connectivity index (χ3n) is 2.10. The second-order valence-corrected chi connectivity index (χ2v) is 3.48. The number of hydrogen-bond acceptors (Lipinski definition) is 2. The minimum Gasteiger partial charge on any atom is -0.379 e. The lowest BCUT2D eigenvalue weighted by Gasteiger charge is -2.03. The average Bonchev–Trinajstić information content (AvgIpc) is 2.02. The van der Waals surface area contributed by atoms with Gasteiger partial charge in [0.1, 0.15) is 6.23 Å². The third-order valence-corrected chi connectivity index (χ3v) is 2.10. The second kappa shape index (κ2) is 11.8. The van der Waals surface area contributed by atoms with Crippen molar-refractivity contribution in [2.75, 3.05) is 0 Å². The lowest BCUT2D eigenvalue weighted by Crippen LogP contribution is -2.17. The number of unbranched alkanes of at least 4 members (excludes halogenated alkanes) is 6. The molecular weight excluding hydrogens is 169 g/mol. The summed E-state index contributed by atoms with van der Waals surface area (Å²) in [6, 6.07) is 0. The molecule has 2 nitrogen and oxygen atoms in total. The Kier molecular flexibility index (Phi) is 14.0. The Hall–Kier alpha value is -0.150. The summed E-state index contributed by atoms with van der Waals surface area (Å²) in [5.41, 5.74) is 5.21. The van der Waals surface area contributed by atoms with Crippen LogP contribution in [0.15, 0.2) is 0 Å². The van der Waals surface area contributed by atoms with Crippen LogP contribution in [0.3, 0.4) is 0 Å². The molecular formula is C10H24FNO. The van der Waals surface area contributed by atoms with Gasteiger partial charge in [-0.25, -0.2) is 0 Å². The molecule has 0 aromatic heterocycles. The van der Waals surface area contributed by atoms with Gasteiger partial charge in [0.25, 0.3) is 0 Å². The monoisotopic (exact) mass is 193 g/mol. The first-order valence-electron chi connectivity index (χ1n) is 5.21. The molecule has 0 saturated heterocycles. The Morgan fingerprint density at radius 2 is 1.46 bits per heavy atom. The molecule has 13 heavy (non-hydrogen) atoms. The zero-order chi connectivity index (χ0) is 9.23. The van der Waals surface area contributed by atoms with Crippen LogP contribution in [0.25, 0.3) is 0 Å². The van der Waals surface area contributed by atoms with Gasteiger partial charge in [-0.05, 0) is 12.8 Å². The predicted molar refractivity (Wildman–Crippen MR) is 55.3 cm³/mol. The van der Waals surface area contributed by atoms with Gasteiger partial charge in [0, 0.05) is 0 Å². The molecule has 0 spiro atoms. The van der Waals surface area contributed by atoms with Crippen LogP contribution in [-0.2, 0) is 0 Å². The number of nitrogens with two attached hydrogens (primary N) is 1. The molecule has 0 aliphatic rings. The van der Waals surface area contributed by atoms with Gasteiger partial charge < -0.3 is 10.8 Å². The number of aliphatic hydroxyl groups excluding tert-OH is 1. The molecule has 82 valence electrons. The standard InChI is InChI=1S/C10H23NO.FH/c1-2-3-4-5-6-7-8-9-10(11)12;/h10,12H,2-9,11H2,1H3;1H. The molecule has 1 unspecified atom stereocenters. The van der Waals surface area contributed by atoms with Crippen LogP contribution in [0.1, 0.15) is 58.3 Å². The SMILES string of the molecule is CCCCCCCCCC(N)O.F. The Balaban J connectivity index is 0. The van der Waals surface area contributed by atoms with Crippen LogP contribution in [0.2, 0.25) is 0 Å². The zero-order valence-electron chi connectivity index (χ0n) is 8.67. The van der Waals surface area contributed by atoms with Crippen molar-refractivity contribution in [1.29, 1.82) is 0 Å². The maximum atomic E-state index is 8.77. The number of hydrogen-bond donors (Lipinski definition) is 2. The summed E-state index contributed by atoms with van der Waals surface area (Å²) in [5.74, 6) is 0. The van der Waals surface area contributed by atoms with Crippen molar-refractivity contribution in [3.05, 3.63) is 0 Å². The predicted octanol–water partition coefficient (Wildman–Crippen LogP) is 2.56. The maximum absolute atomic E-state index is 8.77. The number of halogens is 1. The lowest BCUT2D eigenvalue weighted by atomic mass is 10.1. The van der Waals surface area contributed by atoms with Gasteiger partial charge in [-0.1, -0.05) is 45.4 Å². The molecule has 0 bridgehead atoms. The van der Waals surface area contributed by atoms with E-state index in [1.807, 2.05) is 0 Å². The van der Waals surface area contributed by atoms with Gasteiger partial charge in [-0.3, -0.25) is 4.70 Å². The molecule has 3 N–H and O–H groups in total. The van der Waals surface area contributed by atoms with E-state index in [1.54, 1.807) is 0 Å². The third kappa shape index (κ3) is 14.7. The summed E-state index contributed by atoms with van der Waals surface area (Å²) in [6.45, 7) is 2.23. The highest BCUT2D eigenvalue weighted by Gasteiger charge is 1.95. The van der Waals surface area contributed by atoms with Crippen molar-refractivity contribution in [2.24, 2.45) is 5.73 Å². The Morgan fingerprint density at radius 3 is 1.92 bits per heavy atom. The highest BCUT2D eigenvalue weighted by Crippen LogP contribution is 2.08. The van der Waals surface area contributed by atoms with Gasteiger partial charge in [-0.15, -0.1) is 0 Å². The molecule has 0 fully saturated rings. The fourth-order valence-electron chi connectivity index (χ4n) is 1.31. The van der Waals surface area contributed by atoms with Crippen molar-refractivity contribution < 1.29 is 9.81 Å². The van der Waals surface area contributed by atoms with Crippen molar-refractivity contribution in [3.8, 4) is 0 Å². The Labute approximate surface area is 80.9 Å². The second-order valence-electron chi connectivity index (χ2n) is 3.48. The van der Waals surface area contributed by atoms with E-state index in [0.29, 0.717) is 0 Å². The summed E-state index contributed by atoms with van der Waals surface area (Å²) in [6.07, 6.45) is 9.13. The summed E-state index contributed by atoms with van der Waals surface area (Å²) < 4.78 is 0. The maximum Gasteiger partial charge on any atom is 0.102 e. The van der Waals surface area contributed by atoms with E-state index in [-0.39, 0.29) is 4.70 Å². The number of aliphatic hydroxyl groups is 1. The molecule has 1 atom stereocenters. The zero-order valence-corrected chi connectivity index (χ0v) is 8.67. The van der Waals surface area contributed by atoms with Crippen LogP contribution in [0, 0.1) is 0 Å². The van der Waals surface area contributed by atoms with Gasteiger partial charge in [-0.2, -0.15) is 0 Å². The van der Waals surface area contributed by atoms with Gasteiger partial charge in [0.2, 0.25) is 0 Å². The Bertz CT molecular complexity index is 89.0. The molecule has 0 heterocycles. The van der Waals surface area contributed by atoms with Crippen LogP contribution < -0.4 is 5.73 Å². The molecule has 0 aliphatic carbocycles. The molecule has 3 heteroatoms. The van der Waals surface area contributed by atoms with Crippen LogP contribution >= 0.6 is 0 Å². The molecule has 0 saturated carbocycles. The first kappa shape index (κ1) is 15.3.